The summed E-state index contributed by atoms with van der Waals surface area (Å²) in [5.74, 6) is 0.176. The molecule has 2 aromatic heterocycles. The number of benzene rings is 1. The summed E-state index contributed by atoms with van der Waals surface area (Å²) in [5.41, 5.74) is 2.52. The van der Waals surface area contributed by atoms with Gasteiger partial charge in [-0.15, -0.1) is 0 Å². The van der Waals surface area contributed by atoms with Crippen LogP contribution in [0.25, 0.3) is 11.1 Å². The molecule has 2 aliphatic rings. The van der Waals surface area contributed by atoms with Crippen molar-refractivity contribution < 1.29 is 19.1 Å². The molecule has 0 radical (unpaired) electrons. The number of carbonyl (C=O) groups excluding carboxylic acids is 2. The molecule has 1 saturated heterocycles. The Kier molecular flexibility index (Phi) is 8.00. The highest BCUT2D eigenvalue weighted by Crippen LogP contribution is 2.51. The first kappa shape index (κ1) is 26.5. The number of nitrogens with one attached hydrogen (secondary N) is 1. The first-order valence-corrected chi connectivity index (χ1v) is 13.2. The number of methoxy groups -OCH3 is 1. The molecule has 0 bridgehead atoms. The molecule has 2 fully saturated rings. The first-order valence-electron chi connectivity index (χ1n) is 13.2. The Morgan fingerprint density at radius 1 is 1.21 bits per heavy atom. The Hall–Kier alpha value is -4.07. The van der Waals surface area contributed by atoms with Gasteiger partial charge in [-0.25, -0.2) is 4.98 Å². The van der Waals surface area contributed by atoms with E-state index in [0.717, 1.165) is 29.5 Å². The summed E-state index contributed by atoms with van der Waals surface area (Å²) in [6.45, 7) is 2.79. The van der Waals surface area contributed by atoms with Crippen LogP contribution in [0.15, 0.2) is 55.0 Å². The second-order valence-corrected chi connectivity index (χ2v) is 9.99. The van der Waals surface area contributed by atoms with Gasteiger partial charge in [0.1, 0.15) is 11.2 Å². The van der Waals surface area contributed by atoms with Gasteiger partial charge < -0.3 is 19.7 Å². The Labute approximate surface area is 227 Å². The minimum atomic E-state index is -0.911. The van der Waals surface area contributed by atoms with Gasteiger partial charge in [-0.05, 0) is 42.4 Å². The van der Waals surface area contributed by atoms with Crippen molar-refractivity contribution in [2.75, 3.05) is 43.7 Å². The fourth-order valence-electron chi connectivity index (χ4n) is 5.06. The number of nitriles is 1. The van der Waals surface area contributed by atoms with Crippen molar-refractivity contribution in [3.63, 3.8) is 0 Å². The first-order chi connectivity index (χ1) is 19.0. The molecule has 39 heavy (non-hydrogen) atoms. The van der Waals surface area contributed by atoms with Crippen LogP contribution in [0.2, 0.25) is 0 Å². The lowest BCUT2D eigenvalue weighted by Crippen LogP contribution is -2.35. The summed E-state index contributed by atoms with van der Waals surface area (Å²) in [4.78, 5) is 31.9. The topological polar surface area (TPSA) is 122 Å². The van der Waals surface area contributed by atoms with Gasteiger partial charge in [0.15, 0.2) is 0 Å². The van der Waals surface area contributed by atoms with E-state index in [1.54, 1.807) is 36.5 Å². The summed E-state index contributed by atoms with van der Waals surface area (Å²) in [5, 5.41) is 17.0. The van der Waals surface area contributed by atoms with E-state index in [1.165, 1.54) is 0 Å². The zero-order chi connectivity index (χ0) is 27.2. The van der Waals surface area contributed by atoms with Gasteiger partial charge in [-0.3, -0.25) is 14.3 Å². The molecule has 10 heteroatoms. The number of nitrogens with zero attached hydrogens (tertiary/aromatic N) is 5. The largest absolute Gasteiger partial charge is 0.382 e. The number of hydrogen-bond acceptors (Lipinski definition) is 7. The van der Waals surface area contributed by atoms with Crippen LogP contribution in [-0.2, 0) is 32.0 Å². The molecule has 1 aliphatic heterocycles. The number of carbonyl (C=O) groups is 2. The predicted molar refractivity (Wildman–Crippen MR) is 145 cm³/mol. The second kappa shape index (κ2) is 11.8. The van der Waals surface area contributed by atoms with Crippen LogP contribution in [0.4, 0.5) is 11.5 Å². The monoisotopic (exact) mass is 528 g/mol. The lowest BCUT2D eigenvalue weighted by atomic mass is 9.83. The zero-order valence-electron chi connectivity index (χ0n) is 22.0. The molecule has 5 rings (SSSR count). The zero-order valence-corrected chi connectivity index (χ0v) is 22.0. The lowest BCUT2D eigenvalue weighted by molar-refractivity contribution is -0.123. The maximum Gasteiger partial charge on any atom is 0.247 e. The van der Waals surface area contributed by atoms with Gasteiger partial charge >= 0.3 is 0 Å². The minimum Gasteiger partial charge on any atom is -0.382 e. The molecule has 3 heterocycles. The number of aromatic nitrogens is 3. The van der Waals surface area contributed by atoms with Crippen LogP contribution in [0, 0.1) is 22.7 Å². The smallest absolute Gasteiger partial charge is 0.247 e. The summed E-state index contributed by atoms with van der Waals surface area (Å²) in [6, 6.07) is 13.5. The van der Waals surface area contributed by atoms with Crippen molar-refractivity contribution in [3.05, 3.63) is 60.6 Å². The van der Waals surface area contributed by atoms with E-state index < -0.39 is 5.41 Å². The van der Waals surface area contributed by atoms with E-state index in [1.807, 2.05) is 35.1 Å². The Morgan fingerprint density at radius 2 is 2.08 bits per heavy atom. The minimum absolute atomic E-state index is 0.144. The summed E-state index contributed by atoms with van der Waals surface area (Å²) in [6.07, 6.45) is 7.89. The van der Waals surface area contributed by atoms with E-state index in [0.29, 0.717) is 50.8 Å². The average Bonchev–Trinajstić information content (AvgIpc) is 3.59. The lowest BCUT2D eigenvalue weighted by Gasteiger charge is -2.21. The summed E-state index contributed by atoms with van der Waals surface area (Å²) >= 11 is 0. The van der Waals surface area contributed by atoms with Crippen LogP contribution in [0.3, 0.4) is 0 Å². The third-order valence-corrected chi connectivity index (χ3v) is 7.31. The third-order valence-electron chi connectivity index (χ3n) is 7.31. The van der Waals surface area contributed by atoms with E-state index in [4.69, 9.17) is 9.47 Å². The van der Waals surface area contributed by atoms with Crippen LogP contribution < -0.4 is 10.2 Å². The van der Waals surface area contributed by atoms with Crippen molar-refractivity contribution in [1.82, 2.24) is 14.8 Å². The number of hydrogen-bond donors (Lipinski definition) is 1. The van der Waals surface area contributed by atoms with E-state index in [-0.39, 0.29) is 24.2 Å². The second-order valence-electron chi connectivity index (χ2n) is 9.99. The highest BCUT2D eigenvalue weighted by molar-refractivity contribution is 6.02. The van der Waals surface area contributed by atoms with Crippen LogP contribution in [-0.4, -0.2) is 60.1 Å². The number of pyridine rings is 1. The van der Waals surface area contributed by atoms with E-state index >= 15 is 0 Å². The number of amides is 2. The standard InChI is InChI=1S/C29H32N6O4/c1-38-13-14-39-12-11-34-19-23(18-32-34)22-4-2-3-21(15-22)16-27(36)33-26-17-25(7-9-31-26)35-10-8-29(20-30,28(35)37)24-5-6-24/h2-4,7,9,15,17-19,24H,5-6,8,10-14,16H2,1H3,(H,31,33,36)/t29-/m1/s1. The Balaban J connectivity index is 1.18. The molecule has 3 aromatic rings. The van der Waals surface area contributed by atoms with Crippen molar-refractivity contribution >= 4 is 23.3 Å². The van der Waals surface area contributed by atoms with Gasteiger partial charge in [-0.1, -0.05) is 24.3 Å². The molecule has 1 N–H and O–H groups in total. The molecule has 10 nitrogen and oxygen atoms in total. The van der Waals surface area contributed by atoms with E-state index in [2.05, 4.69) is 21.5 Å². The van der Waals surface area contributed by atoms with Crippen molar-refractivity contribution in [1.29, 1.82) is 5.26 Å². The molecule has 2 amide bonds. The molecule has 1 aliphatic carbocycles. The summed E-state index contributed by atoms with van der Waals surface area (Å²) < 4.78 is 12.3. The predicted octanol–water partition coefficient (Wildman–Crippen LogP) is 3.45. The Bertz CT molecular complexity index is 1380. The molecule has 202 valence electrons. The molecule has 1 atom stereocenters. The normalized spacial score (nSPS) is 18.8. The maximum atomic E-state index is 13.1. The molecular formula is C29H32N6O4. The molecule has 0 unspecified atom stereocenters. The number of anilines is 2. The van der Waals surface area contributed by atoms with Crippen LogP contribution >= 0.6 is 0 Å². The summed E-state index contributed by atoms with van der Waals surface area (Å²) in [7, 11) is 1.64. The number of ether oxygens (including phenoxy) is 2. The SMILES string of the molecule is COCCOCCn1cc(-c2cccc(CC(=O)Nc3cc(N4CC[C@@](C#N)(C5CC5)C4=O)ccn3)c2)cn1. The quantitative estimate of drug-likeness (QED) is 0.357. The molecule has 1 aromatic carbocycles. The van der Waals surface area contributed by atoms with Crippen molar-refractivity contribution in [2.45, 2.75) is 32.2 Å². The Morgan fingerprint density at radius 3 is 2.87 bits per heavy atom. The fraction of sp³-hybridized carbons (Fsp3) is 0.414. The highest BCUT2D eigenvalue weighted by Gasteiger charge is 2.56. The molecular weight excluding hydrogens is 496 g/mol. The third kappa shape index (κ3) is 6.00. The fourth-order valence-corrected chi connectivity index (χ4v) is 5.06. The number of rotatable bonds is 12. The van der Waals surface area contributed by atoms with Crippen LogP contribution in [0.1, 0.15) is 24.8 Å². The van der Waals surface area contributed by atoms with Gasteiger partial charge in [-0.2, -0.15) is 10.4 Å². The van der Waals surface area contributed by atoms with Gasteiger partial charge in [0, 0.05) is 43.4 Å². The average molecular weight is 529 g/mol. The highest BCUT2D eigenvalue weighted by atomic mass is 16.5. The van der Waals surface area contributed by atoms with E-state index in [9.17, 15) is 14.9 Å². The van der Waals surface area contributed by atoms with Crippen molar-refractivity contribution in [3.8, 4) is 17.2 Å². The van der Waals surface area contributed by atoms with Gasteiger partial charge in [0.2, 0.25) is 11.8 Å². The molecule has 0 spiro atoms. The van der Waals surface area contributed by atoms with Crippen molar-refractivity contribution in [2.24, 2.45) is 11.3 Å². The molecule has 1 saturated carbocycles. The maximum absolute atomic E-state index is 13.1. The van der Waals surface area contributed by atoms with Gasteiger partial charge in [0.05, 0.1) is 45.1 Å². The van der Waals surface area contributed by atoms with Gasteiger partial charge in [0.25, 0.3) is 0 Å². The van der Waals surface area contributed by atoms with Crippen LogP contribution in [0.5, 0.6) is 0 Å².